The zero-order valence-electron chi connectivity index (χ0n) is 11.7. The second-order valence-electron chi connectivity index (χ2n) is 4.88. The van der Waals surface area contributed by atoms with Crippen LogP contribution in [0.5, 0.6) is 0 Å². The molecule has 1 aromatic heterocycles. The predicted octanol–water partition coefficient (Wildman–Crippen LogP) is 2.02. The van der Waals surface area contributed by atoms with E-state index >= 15 is 0 Å². The molecule has 0 aliphatic carbocycles. The molecule has 2 N–H and O–H groups in total. The zero-order chi connectivity index (χ0) is 14.6. The Balaban J connectivity index is 1.81. The van der Waals surface area contributed by atoms with Crippen LogP contribution >= 0.6 is 0 Å². The van der Waals surface area contributed by atoms with Gasteiger partial charge >= 0.3 is 0 Å². The van der Waals surface area contributed by atoms with E-state index in [9.17, 15) is 8.42 Å². The molecule has 20 heavy (non-hydrogen) atoms. The highest BCUT2D eigenvalue weighted by Crippen LogP contribution is 2.23. The molecule has 0 saturated carbocycles. The fourth-order valence-corrected chi connectivity index (χ4v) is 2.50. The fourth-order valence-electron chi connectivity index (χ4n) is 1.98. The molecule has 0 bridgehead atoms. The zero-order valence-corrected chi connectivity index (χ0v) is 12.5. The summed E-state index contributed by atoms with van der Waals surface area (Å²) < 4.78 is 30.0. The Morgan fingerprint density at radius 2 is 2.00 bits per heavy atom. The normalized spacial score (nSPS) is 13.7. The van der Waals surface area contributed by atoms with E-state index in [4.69, 9.17) is 4.42 Å². The van der Waals surface area contributed by atoms with Crippen molar-refractivity contribution in [2.45, 2.75) is 19.4 Å². The highest BCUT2D eigenvalue weighted by atomic mass is 32.2. The smallest absolute Gasteiger partial charge is 0.208 e. The summed E-state index contributed by atoms with van der Waals surface area (Å²) in [6.07, 6.45) is 1.90. The number of fused-ring (bicyclic) bond motifs is 1. The molecule has 2 rings (SSSR count). The van der Waals surface area contributed by atoms with Gasteiger partial charge in [0.2, 0.25) is 10.0 Å². The molecule has 0 amide bonds. The highest BCUT2D eigenvalue weighted by Gasteiger charge is 2.10. The van der Waals surface area contributed by atoms with Crippen LogP contribution in [0.2, 0.25) is 0 Å². The minimum Gasteiger partial charge on any atom is -0.459 e. The van der Waals surface area contributed by atoms with Gasteiger partial charge in [-0.3, -0.25) is 0 Å². The van der Waals surface area contributed by atoms with Crippen molar-refractivity contribution in [3.8, 4) is 0 Å². The number of rotatable bonds is 7. The topological polar surface area (TPSA) is 71.3 Å². The van der Waals surface area contributed by atoms with E-state index in [2.05, 4.69) is 10.0 Å². The van der Waals surface area contributed by atoms with Crippen molar-refractivity contribution in [2.75, 3.05) is 19.3 Å². The van der Waals surface area contributed by atoms with Crippen LogP contribution in [0.4, 0.5) is 0 Å². The first kappa shape index (κ1) is 15.0. The van der Waals surface area contributed by atoms with Gasteiger partial charge in [0.15, 0.2) is 0 Å². The SMILES string of the molecule is CC(NCCCNS(C)(=O)=O)c1cc2ccccc2o1. The Kier molecular flexibility index (Phi) is 4.80. The molecular weight excluding hydrogens is 276 g/mol. The van der Waals surface area contributed by atoms with Gasteiger partial charge in [-0.1, -0.05) is 18.2 Å². The van der Waals surface area contributed by atoms with Crippen molar-refractivity contribution in [3.63, 3.8) is 0 Å². The van der Waals surface area contributed by atoms with Gasteiger partial charge in [-0.2, -0.15) is 0 Å². The quantitative estimate of drug-likeness (QED) is 0.767. The Hall–Kier alpha value is -1.37. The summed E-state index contributed by atoms with van der Waals surface area (Å²) in [5.74, 6) is 0.891. The Morgan fingerprint density at radius 1 is 1.25 bits per heavy atom. The fraction of sp³-hybridized carbons (Fsp3) is 0.429. The molecule has 0 aliphatic rings. The molecule has 1 unspecified atom stereocenters. The number of benzene rings is 1. The first-order chi connectivity index (χ1) is 9.46. The minimum absolute atomic E-state index is 0.0978. The lowest BCUT2D eigenvalue weighted by molar-refractivity contribution is 0.448. The van der Waals surface area contributed by atoms with E-state index in [1.54, 1.807) is 0 Å². The summed E-state index contributed by atoms with van der Waals surface area (Å²) in [5.41, 5.74) is 0.884. The Morgan fingerprint density at radius 3 is 2.70 bits per heavy atom. The van der Waals surface area contributed by atoms with Crippen LogP contribution in [-0.2, 0) is 10.0 Å². The molecule has 0 saturated heterocycles. The van der Waals surface area contributed by atoms with Gasteiger partial charge in [0.25, 0.3) is 0 Å². The second kappa shape index (κ2) is 6.39. The lowest BCUT2D eigenvalue weighted by Gasteiger charge is -2.11. The molecule has 1 aromatic carbocycles. The molecule has 0 spiro atoms. The molecule has 1 heterocycles. The van der Waals surface area contributed by atoms with Gasteiger partial charge in [0, 0.05) is 11.9 Å². The molecule has 0 aliphatic heterocycles. The summed E-state index contributed by atoms with van der Waals surface area (Å²) in [4.78, 5) is 0. The van der Waals surface area contributed by atoms with E-state index < -0.39 is 10.0 Å². The van der Waals surface area contributed by atoms with Gasteiger partial charge < -0.3 is 9.73 Å². The lowest BCUT2D eigenvalue weighted by atomic mass is 10.2. The van der Waals surface area contributed by atoms with Crippen molar-refractivity contribution in [3.05, 3.63) is 36.1 Å². The van der Waals surface area contributed by atoms with Crippen molar-refractivity contribution in [1.29, 1.82) is 0 Å². The van der Waals surface area contributed by atoms with Crippen molar-refractivity contribution in [1.82, 2.24) is 10.0 Å². The van der Waals surface area contributed by atoms with Crippen molar-refractivity contribution in [2.24, 2.45) is 0 Å². The molecule has 5 nitrogen and oxygen atoms in total. The van der Waals surface area contributed by atoms with E-state index in [1.807, 2.05) is 37.3 Å². The standard InChI is InChI=1S/C14H20N2O3S/c1-11(15-8-5-9-16-20(2,17)18)14-10-12-6-3-4-7-13(12)19-14/h3-4,6-7,10-11,15-16H,5,8-9H2,1-2H3. The maximum atomic E-state index is 10.9. The second-order valence-corrected chi connectivity index (χ2v) is 6.72. The largest absolute Gasteiger partial charge is 0.459 e. The van der Waals surface area contributed by atoms with E-state index in [0.717, 1.165) is 36.0 Å². The van der Waals surface area contributed by atoms with E-state index in [0.29, 0.717) is 6.54 Å². The first-order valence-corrected chi connectivity index (χ1v) is 8.51. The van der Waals surface area contributed by atoms with Crippen LogP contribution in [0, 0.1) is 0 Å². The number of sulfonamides is 1. The van der Waals surface area contributed by atoms with E-state index in [-0.39, 0.29) is 6.04 Å². The third-order valence-electron chi connectivity index (χ3n) is 3.04. The third kappa shape index (κ3) is 4.33. The summed E-state index contributed by atoms with van der Waals surface area (Å²) in [7, 11) is -3.09. The van der Waals surface area contributed by atoms with Crippen LogP contribution in [-0.4, -0.2) is 27.8 Å². The van der Waals surface area contributed by atoms with Crippen LogP contribution in [0.1, 0.15) is 25.1 Å². The van der Waals surface area contributed by atoms with Gasteiger partial charge in [-0.05, 0) is 32.0 Å². The minimum atomic E-state index is -3.09. The Bertz CT molecular complexity index is 631. The maximum absolute atomic E-state index is 10.9. The number of hydrogen-bond donors (Lipinski definition) is 2. The van der Waals surface area contributed by atoms with Gasteiger partial charge in [-0.25, -0.2) is 13.1 Å². The molecule has 2 aromatic rings. The van der Waals surface area contributed by atoms with Crippen LogP contribution < -0.4 is 10.0 Å². The molecule has 0 fully saturated rings. The monoisotopic (exact) mass is 296 g/mol. The summed E-state index contributed by atoms with van der Waals surface area (Å²) >= 11 is 0. The average Bonchev–Trinajstić information content (AvgIpc) is 2.80. The lowest BCUT2D eigenvalue weighted by Crippen LogP contribution is -2.27. The first-order valence-electron chi connectivity index (χ1n) is 6.62. The predicted molar refractivity (Wildman–Crippen MR) is 80.1 cm³/mol. The van der Waals surface area contributed by atoms with Gasteiger partial charge in [-0.15, -0.1) is 0 Å². The molecule has 1 atom stereocenters. The van der Waals surface area contributed by atoms with Gasteiger partial charge in [0.05, 0.1) is 12.3 Å². The summed E-state index contributed by atoms with van der Waals surface area (Å²) in [6, 6.07) is 10.0. The summed E-state index contributed by atoms with van der Waals surface area (Å²) in [5, 5.41) is 4.41. The van der Waals surface area contributed by atoms with Crippen LogP contribution in [0.25, 0.3) is 11.0 Å². The number of para-hydroxylation sites is 1. The molecule has 110 valence electrons. The number of hydrogen-bond acceptors (Lipinski definition) is 4. The van der Waals surface area contributed by atoms with Crippen molar-refractivity contribution >= 4 is 21.0 Å². The molecule has 0 radical (unpaired) electrons. The van der Waals surface area contributed by atoms with Gasteiger partial charge in [0.1, 0.15) is 11.3 Å². The molecule has 6 heteroatoms. The highest BCUT2D eigenvalue weighted by molar-refractivity contribution is 7.88. The number of nitrogens with one attached hydrogen (secondary N) is 2. The number of furan rings is 1. The van der Waals surface area contributed by atoms with Crippen LogP contribution in [0.15, 0.2) is 34.7 Å². The van der Waals surface area contributed by atoms with E-state index in [1.165, 1.54) is 0 Å². The Labute approximate surface area is 119 Å². The maximum Gasteiger partial charge on any atom is 0.208 e. The molecular formula is C14H20N2O3S. The summed E-state index contributed by atoms with van der Waals surface area (Å²) in [6.45, 7) is 3.20. The average molecular weight is 296 g/mol. The third-order valence-corrected chi connectivity index (χ3v) is 3.77. The van der Waals surface area contributed by atoms with Crippen molar-refractivity contribution < 1.29 is 12.8 Å². The van der Waals surface area contributed by atoms with Crippen LogP contribution in [0.3, 0.4) is 0 Å².